The Bertz CT molecular complexity index is 710. The normalized spacial score (nSPS) is 10.4. The lowest BCUT2D eigenvalue weighted by Gasteiger charge is -2.14. The van der Waals surface area contributed by atoms with Crippen LogP contribution < -0.4 is 5.56 Å². The van der Waals surface area contributed by atoms with Gasteiger partial charge in [-0.1, -0.05) is 18.2 Å². The summed E-state index contributed by atoms with van der Waals surface area (Å²) in [6.07, 6.45) is 0. The first-order valence-electron chi connectivity index (χ1n) is 6.38. The monoisotopic (exact) mass is 351 g/mol. The maximum atomic E-state index is 12.5. The second-order valence-corrected chi connectivity index (χ2v) is 5.06. The fourth-order valence-corrected chi connectivity index (χ4v) is 2.50. The molecular weight excluding hydrogens is 338 g/mol. The van der Waals surface area contributed by atoms with Crippen molar-refractivity contribution in [2.24, 2.45) is 0 Å². The Balaban J connectivity index is 2.73. The number of ether oxygens (including phenoxy) is 1. The van der Waals surface area contributed by atoms with Gasteiger partial charge in [0.2, 0.25) is 0 Å². The number of para-hydroxylation sites is 1. The van der Waals surface area contributed by atoms with Gasteiger partial charge in [0, 0.05) is 10.2 Å². The second kappa shape index (κ2) is 6.69. The summed E-state index contributed by atoms with van der Waals surface area (Å²) in [5.74, 6) is -0.683. The van der Waals surface area contributed by atoms with Crippen LogP contribution in [0.5, 0.6) is 0 Å². The molecule has 0 saturated carbocycles. The van der Waals surface area contributed by atoms with Gasteiger partial charge in [-0.15, -0.1) is 0 Å². The van der Waals surface area contributed by atoms with Gasteiger partial charge < -0.3 is 9.84 Å². The highest BCUT2D eigenvalue weighted by molar-refractivity contribution is 9.10. The van der Waals surface area contributed by atoms with Crippen molar-refractivity contribution in [1.82, 2.24) is 4.57 Å². The second-order valence-electron chi connectivity index (χ2n) is 4.21. The molecule has 2 aromatic rings. The van der Waals surface area contributed by atoms with E-state index in [2.05, 4.69) is 15.9 Å². The number of pyridine rings is 1. The van der Waals surface area contributed by atoms with E-state index in [9.17, 15) is 14.7 Å². The topological polar surface area (TPSA) is 68.5 Å². The molecule has 21 heavy (non-hydrogen) atoms. The van der Waals surface area contributed by atoms with E-state index in [4.69, 9.17) is 4.74 Å². The van der Waals surface area contributed by atoms with Crippen LogP contribution in [-0.4, -0.2) is 22.2 Å². The highest BCUT2D eigenvalue weighted by atomic mass is 79.9. The van der Waals surface area contributed by atoms with E-state index in [1.807, 2.05) is 6.07 Å². The SMILES string of the molecule is CCOC(=O)c1cc(Br)c(CO)n(-c2ccccc2)c1=O. The Morgan fingerprint density at radius 2 is 2.00 bits per heavy atom. The molecule has 0 aliphatic rings. The standard InChI is InChI=1S/C15H14BrNO4/c1-2-21-15(20)11-8-12(16)13(9-18)17(14(11)19)10-6-4-3-5-7-10/h3-8,18H,2,9H2,1H3. The van der Waals surface area contributed by atoms with Gasteiger partial charge >= 0.3 is 5.97 Å². The van der Waals surface area contributed by atoms with Crippen LogP contribution in [-0.2, 0) is 11.3 Å². The summed E-state index contributed by atoms with van der Waals surface area (Å²) in [7, 11) is 0. The number of aliphatic hydroxyl groups is 1. The van der Waals surface area contributed by atoms with E-state index in [-0.39, 0.29) is 18.8 Å². The van der Waals surface area contributed by atoms with Crippen LogP contribution >= 0.6 is 15.9 Å². The molecule has 0 bridgehead atoms. The molecule has 5 nitrogen and oxygen atoms in total. The van der Waals surface area contributed by atoms with Crippen molar-refractivity contribution in [2.75, 3.05) is 6.61 Å². The van der Waals surface area contributed by atoms with Crippen LogP contribution in [0.15, 0.2) is 45.7 Å². The van der Waals surface area contributed by atoms with Gasteiger partial charge in [0.1, 0.15) is 5.56 Å². The van der Waals surface area contributed by atoms with Crippen LogP contribution in [0.25, 0.3) is 5.69 Å². The Labute approximate surface area is 129 Å². The molecule has 1 aromatic carbocycles. The first kappa shape index (κ1) is 15.5. The lowest BCUT2D eigenvalue weighted by Crippen LogP contribution is -2.29. The van der Waals surface area contributed by atoms with Crippen LogP contribution in [0.4, 0.5) is 0 Å². The van der Waals surface area contributed by atoms with Gasteiger partial charge in [0.05, 0.1) is 18.9 Å². The molecule has 0 amide bonds. The van der Waals surface area contributed by atoms with Crippen molar-refractivity contribution >= 4 is 21.9 Å². The van der Waals surface area contributed by atoms with Gasteiger partial charge in [-0.05, 0) is 41.1 Å². The third-order valence-corrected chi connectivity index (χ3v) is 3.60. The van der Waals surface area contributed by atoms with Crippen molar-refractivity contribution < 1.29 is 14.6 Å². The van der Waals surface area contributed by atoms with Crippen LogP contribution in [0.3, 0.4) is 0 Å². The summed E-state index contributed by atoms with van der Waals surface area (Å²) in [5, 5.41) is 9.51. The molecule has 1 heterocycles. The molecule has 0 spiro atoms. The van der Waals surface area contributed by atoms with Crippen molar-refractivity contribution in [3.05, 3.63) is 62.5 Å². The number of hydrogen-bond acceptors (Lipinski definition) is 4. The highest BCUT2D eigenvalue weighted by Gasteiger charge is 2.19. The third-order valence-electron chi connectivity index (χ3n) is 2.91. The minimum absolute atomic E-state index is 0.0789. The lowest BCUT2D eigenvalue weighted by molar-refractivity contribution is 0.0523. The first-order chi connectivity index (χ1) is 10.1. The third kappa shape index (κ3) is 3.06. The van der Waals surface area contributed by atoms with E-state index in [0.717, 1.165) is 0 Å². The molecule has 0 fully saturated rings. The minimum Gasteiger partial charge on any atom is -0.462 e. The Hall–Kier alpha value is -1.92. The zero-order chi connectivity index (χ0) is 15.4. The van der Waals surface area contributed by atoms with Gasteiger partial charge in [-0.25, -0.2) is 4.79 Å². The molecule has 0 atom stereocenters. The summed E-state index contributed by atoms with van der Waals surface area (Å²) in [6, 6.07) is 10.2. The quantitative estimate of drug-likeness (QED) is 0.858. The van der Waals surface area contributed by atoms with E-state index in [1.54, 1.807) is 31.2 Å². The minimum atomic E-state index is -0.683. The first-order valence-corrected chi connectivity index (χ1v) is 7.17. The van der Waals surface area contributed by atoms with Gasteiger partial charge in [0.15, 0.2) is 0 Å². The number of carbonyl (C=O) groups is 1. The Kier molecular flexibility index (Phi) is 4.93. The van der Waals surface area contributed by atoms with Crippen molar-refractivity contribution in [1.29, 1.82) is 0 Å². The molecule has 1 aromatic heterocycles. The summed E-state index contributed by atoms with van der Waals surface area (Å²) in [4.78, 5) is 24.4. The number of halogens is 1. The molecule has 0 aliphatic heterocycles. The molecule has 1 N–H and O–H groups in total. The highest BCUT2D eigenvalue weighted by Crippen LogP contribution is 2.20. The largest absolute Gasteiger partial charge is 0.462 e. The average Bonchev–Trinajstić information content (AvgIpc) is 2.49. The number of hydrogen-bond donors (Lipinski definition) is 1. The van der Waals surface area contributed by atoms with Crippen molar-refractivity contribution in [3.8, 4) is 5.69 Å². The van der Waals surface area contributed by atoms with Crippen LogP contribution in [0.1, 0.15) is 23.0 Å². The predicted molar refractivity (Wildman–Crippen MR) is 81.6 cm³/mol. The molecule has 0 aliphatic carbocycles. The molecule has 0 saturated heterocycles. The maximum absolute atomic E-state index is 12.5. The fraction of sp³-hybridized carbons (Fsp3) is 0.200. The van der Waals surface area contributed by atoms with Crippen molar-refractivity contribution in [3.63, 3.8) is 0 Å². The molecule has 110 valence electrons. The lowest BCUT2D eigenvalue weighted by atomic mass is 10.2. The number of aromatic nitrogens is 1. The zero-order valence-electron chi connectivity index (χ0n) is 11.4. The Morgan fingerprint density at radius 1 is 1.33 bits per heavy atom. The van der Waals surface area contributed by atoms with E-state index in [1.165, 1.54) is 10.6 Å². The van der Waals surface area contributed by atoms with E-state index >= 15 is 0 Å². The number of nitrogens with zero attached hydrogens (tertiary/aromatic N) is 1. The van der Waals surface area contributed by atoms with E-state index in [0.29, 0.717) is 15.9 Å². The van der Waals surface area contributed by atoms with Gasteiger partial charge in [-0.3, -0.25) is 9.36 Å². The number of aliphatic hydroxyl groups excluding tert-OH is 1. The van der Waals surface area contributed by atoms with Gasteiger partial charge in [0.25, 0.3) is 5.56 Å². The molecule has 2 rings (SSSR count). The molecule has 6 heteroatoms. The van der Waals surface area contributed by atoms with Crippen LogP contribution in [0, 0.1) is 0 Å². The number of benzene rings is 1. The smallest absolute Gasteiger partial charge is 0.343 e. The maximum Gasteiger partial charge on any atom is 0.343 e. The van der Waals surface area contributed by atoms with E-state index < -0.39 is 11.5 Å². The number of carbonyl (C=O) groups excluding carboxylic acids is 1. The summed E-state index contributed by atoms with van der Waals surface area (Å²) < 4.78 is 6.66. The number of rotatable bonds is 4. The summed E-state index contributed by atoms with van der Waals surface area (Å²) >= 11 is 3.28. The number of esters is 1. The summed E-state index contributed by atoms with van der Waals surface area (Å²) in [5.41, 5.74) is 0.342. The molecule has 0 unspecified atom stereocenters. The average molecular weight is 352 g/mol. The van der Waals surface area contributed by atoms with Crippen molar-refractivity contribution in [2.45, 2.75) is 13.5 Å². The molecule has 0 radical (unpaired) electrons. The van der Waals surface area contributed by atoms with Crippen LogP contribution in [0.2, 0.25) is 0 Å². The Morgan fingerprint density at radius 3 is 2.57 bits per heavy atom. The van der Waals surface area contributed by atoms with Gasteiger partial charge in [-0.2, -0.15) is 0 Å². The zero-order valence-corrected chi connectivity index (χ0v) is 13.0. The predicted octanol–water partition coefficient (Wildman–Crippen LogP) is 2.27. The summed E-state index contributed by atoms with van der Waals surface area (Å²) in [6.45, 7) is 1.52. The molecular formula is C15H14BrNO4. The fourth-order valence-electron chi connectivity index (χ4n) is 1.97.